The number of hydrogen-bond donors (Lipinski definition) is 1. The number of halogens is 3. The van der Waals surface area contributed by atoms with Crippen LogP contribution in [0.4, 0.5) is 18.9 Å². The van der Waals surface area contributed by atoms with Crippen LogP contribution in [0.1, 0.15) is 20.8 Å². The molecule has 4 rings (SSSR count). The monoisotopic (exact) mass is 386 g/mol. The second kappa shape index (κ2) is 6.35. The number of aryl methyl sites for hydroxylation is 1. The van der Waals surface area contributed by atoms with Gasteiger partial charge < -0.3 is 5.32 Å². The van der Waals surface area contributed by atoms with Crippen molar-refractivity contribution in [1.82, 2.24) is 4.98 Å². The maximum Gasteiger partial charge on any atom is 0.416 e. The molecule has 0 aliphatic carbocycles. The van der Waals surface area contributed by atoms with Gasteiger partial charge in [0.1, 0.15) is 4.83 Å². The van der Waals surface area contributed by atoms with Gasteiger partial charge in [-0.1, -0.05) is 18.2 Å². The second-order valence-corrected chi connectivity index (χ2v) is 7.25. The number of nitrogens with one attached hydrogen (secondary N) is 1. The summed E-state index contributed by atoms with van der Waals surface area (Å²) in [5.41, 5.74) is 1.23. The maximum absolute atomic E-state index is 12.8. The number of anilines is 1. The maximum atomic E-state index is 12.8. The summed E-state index contributed by atoms with van der Waals surface area (Å²) in [6.45, 7) is 1.98. The molecule has 0 atom stereocenters. The lowest BCUT2D eigenvalue weighted by molar-refractivity contribution is -0.137. The van der Waals surface area contributed by atoms with Crippen molar-refractivity contribution in [2.24, 2.45) is 0 Å². The van der Waals surface area contributed by atoms with Gasteiger partial charge >= 0.3 is 6.18 Å². The van der Waals surface area contributed by atoms with E-state index >= 15 is 0 Å². The third-order valence-electron chi connectivity index (χ3n) is 4.13. The number of pyridine rings is 1. The molecule has 27 heavy (non-hydrogen) atoms. The van der Waals surface area contributed by atoms with E-state index in [1.807, 2.05) is 31.2 Å². The average molecular weight is 386 g/mol. The topological polar surface area (TPSA) is 42.0 Å². The third kappa shape index (κ3) is 3.50. The highest BCUT2D eigenvalue weighted by Gasteiger charge is 2.30. The molecule has 4 aromatic rings. The van der Waals surface area contributed by atoms with E-state index in [1.165, 1.54) is 23.5 Å². The van der Waals surface area contributed by atoms with Crippen molar-refractivity contribution in [2.75, 3.05) is 5.32 Å². The Kier molecular flexibility index (Phi) is 4.11. The molecule has 1 amide bonds. The van der Waals surface area contributed by atoms with E-state index < -0.39 is 17.6 Å². The molecule has 0 aliphatic heterocycles. The van der Waals surface area contributed by atoms with Crippen molar-refractivity contribution < 1.29 is 18.0 Å². The Morgan fingerprint density at radius 1 is 1.04 bits per heavy atom. The van der Waals surface area contributed by atoms with Gasteiger partial charge in [0.2, 0.25) is 0 Å². The zero-order valence-electron chi connectivity index (χ0n) is 14.1. The number of carbonyl (C=O) groups is 1. The molecule has 0 radical (unpaired) electrons. The summed E-state index contributed by atoms with van der Waals surface area (Å²) in [6.07, 6.45) is -4.46. The Labute approximate surface area is 156 Å². The number of nitrogens with zero attached hydrogens (tertiary/aromatic N) is 1. The van der Waals surface area contributed by atoms with Crippen LogP contribution in [0.5, 0.6) is 0 Å². The van der Waals surface area contributed by atoms with Gasteiger partial charge in [-0.3, -0.25) is 4.79 Å². The summed E-state index contributed by atoms with van der Waals surface area (Å²) in [7, 11) is 0. The number of carbonyl (C=O) groups excluding carboxylic acids is 1. The summed E-state index contributed by atoms with van der Waals surface area (Å²) in [6, 6.07) is 14.2. The van der Waals surface area contributed by atoms with Gasteiger partial charge in [-0.15, -0.1) is 11.3 Å². The van der Waals surface area contributed by atoms with Crippen LogP contribution in [0.3, 0.4) is 0 Å². The summed E-state index contributed by atoms with van der Waals surface area (Å²) in [4.78, 5) is 18.2. The van der Waals surface area contributed by atoms with Gasteiger partial charge in [-0.2, -0.15) is 13.2 Å². The Morgan fingerprint density at radius 2 is 1.85 bits per heavy atom. The van der Waals surface area contributed by atoms with Crippen molar-refractivity contribution in [1.29, 1.82) is 0 Å². The fourth-order valence-corrected chi connectivity index (χ4v) is 3.73. The highest BCUT2D eigenvalue weighted by atomic mass is 32.1. The van der Waals surface area contributed by atoms with Gasteiger partial charge in [0.05, 0.1) is 16.0 Å². The number of rotatable bonds is 2. The first kappa shape index (κ1) is 17.5. The smallest absolute Gasteiger partial charge is 0.321 e. The van der Waals surface area contributed by atoms with E-state index in [2.05, 4.69) is 10.3 Å². The Hall–Kier alpha value is -2.93. The van der Waals surface area contributed by atoms with Crippen LogP contribution >= 0.6 is 11.3 Å². The van der Waals surface area contributed by atoms with Crippen molar-refractivity contribution in [2.45, 2.75) is 13.1 Å². The summed E-state index contributed by atoms with van der Waals surface area (Å²) < 4.78 is 38.4. The second-order valence-electron chi connectivity index (χ2n) is 6.22. The normalized spacial score (nSPS) is 11.9. The minimum absolute atomic E-state index is 0.0982. The first-order valence-corrected chi connectivity index (χ1v) is 8.91. The van der Waals surface area contributed by atoms with E-state index in [4.69, 9.17) is 0 Å². The van der Waals surface area contributed by atoms with Crippen LogP contribution in [0.25, 0.3) is 21.1 Å². The van der Waals surface area contributed by atoms with Crippen molar-refractivity contribution in [3.05, 3.63) is 70.6 Å². The number of hydrogen-bond acceptors (Lipinski definition) is 3. The Morgan fingerprint density at radius 3 is 2.63 bits per heavy atom. The van der Waals surface area contributed by atoms with E-state index in [1.54, 1.807) is 6.07 Å². The highest BCUT2D eigenvalue weighted by molar-refractivity contribution is 7.20. The Balaban J connectivity index is 1.66. The molecule has 0 fully saturated rings. The molecule has 2 aromatic carbocycles. The molecule has 0 saturated heterocycles. The fraction of sp³-hybridized carbons (Fsp3) is 0.100. The lowest BCUT2D eigenvalue weighted by Gasteiger charge is -2.09. The summed E-state index contributed by atoms with van der Waals surface area (Å²) in [5, 5.41) is 4.32. The van der Waals surface area contributed by atoms with E-state index in [-0.39, 0.29) is 5.69 Å². The number of aromatic nitrogens is 1. The van der Waals surface area contributed by atoms with Crippen LogP contribution < -0.4 is 5.32 Å². The van der Waals surface area contributed by atoms with Crippen molar-refractivity contribution >= 4 is 44.1 Å². The van der Waals surface area contributed by atoms with E-state index in [9.17, 15) is 18.0 Å². The number of alkyl halides is 3. The number of fused-ring (bicyclic) bond motifs is 2. The average Bonchev–Trinajstić information content (AvgIpc) is 3.02. The predicted octanol–water partition coefficient (Wildman–Crippen LogP) is 6.03. The number of amides is 1. The van der Waals surface area contributed by atoms with Gasteiger partial charge in [-0.05, 0) is 48.9 Å². The largest absolute Gasteiger partial charge is 0.416 e. The van der Waals surface area contributed by atoms with Crippen molar-refractivity contribution in [3.8, 4) is 0 Å². The SMILES string of the molecule is Cc1ccc2cc3cc(C(=O)Nc4cccc(C(F)(F)F)c4)sc3nc2c1. The minimum Gasteiger partial charge on any atom is -0.321 e. The molecule has 2 heterocycles. The van der Waals surface area contributed by atoms with E-state index in [0.29, 0.717) is 9.71 Å². The zero-order chi connectivity index (χ0) is 19.2. The number of benzene rings is 2. The minimum atomic E-state index is -4.46. The molecule has 0 spiro atoms. The quantitative estimate of drug-likeness (QED) is 0.457. The number of thiophene rings is 1. The first-order valence-electron chi connectivity index (χ1n) is 8.09. The van der Waals surface area contributed by atoms with Gasteiger partial charge in [0, 0.05) is 16.5 Å². The standard InChI is InChI=1S/C20H13F3N2OS/c1-11-5-6-12-8-13-9-17(27-19(13)25-16(12)7-11)18(26)24-15-4-2-3-14(10-15)20(21,22)23/h2-10H,1H3,(H,24,26). The third-order valence-corrected chi connectivity index (χ3v) is 5.17. The molecular formula is C20H13F3N2OS. The molecule has 0 bridgehead atoms. The molecule has 0 unspecified atom stereocenters. The van der Waals surface area contributed by atoms with Gasteiger partial charge in [-0.25, -0.2) is 4.98 Å². The molecule has 0 saturated carbocycles. The molecule has 3 nitrogen and oxygen atoms in total. The highest BCUT2D eigenvalue weighted by Crippen LogP contribution is 2.32. The molecule has 1 N–H and O–H groups in total. The molecular weight excluding hydrogens is 373 g/mol. The van der Waals surface area contributed by atoms with Crippen LogP contribution in [-0.2, 0) is 6.18 Å². The summed E-state index contributed by atoms with van der Waals surface area (Å²) >= 11 is 1.21. The van der Waals surface area contributed by atoms with Gasteiger partial charge in [0.15, 0.2) is 0 Å². The van der Waals surface area contributed by atoms with Crippen LogP contribution in [0, 0.1) is 6.92 Å². The molecule has 7 heteroatoms. The van der Waals surface area contributed by atoms with E-state index in [0.717, 1.165) is 34.0 Å². The molecule has 136 valence electrons. The Bertz CT molecular complexity index is 1180. The lowest BCUT2D eigenvalue weighted by atomic mass is 10.1. The zero-order valence-corrected chi connectivity index (χ0v) is 14.9. The first-order chi connectivity index (χ1) is 12.8. The van der Waals surface area contributed by atoms with Crippen LogP contribution in [-0.4, -0.2) is 10.9 Å². The van der Waals surface area contributed by atoms with Crippen molar-refractivity contribution in [3.63, 3.8) is 0 Å². The molecule has 0 aliphatic rings. The van der Waals surface area contributed by atoms with Crippen LogP contribution in [0.2, 0.25) is 0 Å². The lowest BCUT2D eigenvalue weighted by Crippen LogP contribution is -2.11. The van der Waals surface area contributed by atoms with Crippen LogP contribution in [0.15, 0.2) is 54.6 Å². The predicted molar refractivity (Wildman–Crippen MR) is 101 cm³/mol. The van der Waals surface area contributed by atoms with Gasteiger partial charge in [0.25, 0.3) is 5.91 Å². The fourth-order valence-electron chi connectivity index (χ4n) is 2.81. The summed E-state index contributed by atoms with van der Waals surface area (Å²) in [5.74, 6) is -0.461. The molecule has 2 aromatic heterocycles.